The molecule has 0 radical (unpaired) electrons. The van der Waals surface area contributed by atoms with Gasteiger partial charge in [-0.2, -0.15) is 0 Å². The molecule has 0 saturated carbocycles. The third-order valence-electron chi connectivity index (χ3n) is 2.77. The molecule has 0 unspecified atom stereocenters. The van der Waals surface area contributed by atoms with Crippen LogP contribution in [0.4, 0.5) is 4.39 Å². The first-order chi connectivity index (χ1) is 10.2. The van der Waals surface area contributed by atoms with Crippen molar-refractivity contribution in [2.45, 2.75) is 13.5 Å². The number of benzene rings is 1. The zero-order valence-electron chi connectivity index (χ0n) is 11.7. The standard InChI is InChI=1S/C15H16FN3O2/c1-2-21-9-15(20)17-8-13-7-14(19-10-18-13)11-3-5-12(16)6-4-11/h3-7,10H,2,8-9H2,1H3,(H,17,20). The van der Waals surface area contributed by atoms with Crippen molar-refractivity contribution in [2.24, 2.45) is 0 Å². The van der Waals surface area contributed by atoms with E-state index >= 15 is 0 Å². The van der Waals surface area contributed by atoms with E-state index in [1.807, 2.05) is 6.92 Å². The second kappa shape index (κ2) is 7.44. The van der Waals surface area contributed by atoms with Crippen molar-refractivity contribution < 1.29 is 13.9 Å². The van der Waals surface area contributed by atoms with Gasteiger partial charge in [0.15, 0.2) is 0 Å². The maximum Gasteiger partial charge on any atom is 0.246 e. The summed E-state index contributed by atoms with van der Waals surface area (Å²) in [6, 6.07) is 7.81. The Morgan fingerprint density at radius 2 is 2.05 bits per heavy atom. The fourth-order valence-corrected chi connectivity index (χ4v) is 1.71. The molecule has 1 aromatic heterocycles. The quantitative estimate of drug-likeness (QED) is 0.882. The number of nitrogens with zero attached hydrogens (tertiary/aromatic N) is 2. The largest absolute Gasteiger partial charge is 0.372 e. The third-order valence-corrected chi connectivity index (χ3v) is 2.77. The van der Waals surface area contributed by atoms with E-state index in [2.05, 4.69) is 15.3 Å². The second-order valence-corrected chi connectivity index (χ2v) is 4.32. The molecule has 0 saturated heterocycles. The lowest BCUT2D eigenvalue weighted by atomic mass is 10.1. The van der Waals surface area contributed by atoms with Gasteiger partial charge in [0.1, 0.15) is 18.8 Å². The smallest absolute Gasteiger partial charge is 0.246 e. The molecular weight excluding hydrogens is 273 g/mol. The lowest BCUT2D eigenvalue weighted by Gasteiger charge is -2.06. The van der Waals surface area contributed by atoms with Gasteiger partial charge in [0, 0.05) is 12.2 Å². The molecule has 2 aromatic rings. The summed E-state index contributed by atoms with van der Waals surface area (Å²) in [6.45, 7) is 2.65. The first-order valence-electron chi connectivity index (χ1n) is 6.60. The Hall–Kier alpha value is -2.34. The Kier molecular flexibility index (Phi) is 5.34. The van der Waals surface area contributed by atoms with E-state index in [1.54, 1.807) is 18.2 Å². The number of aromatic nitrogens is 2. The first-order valence-corrected chi connectivity index (χ1v) is 6.60. The number of carbonyl (C=O) groups is 1. The SMILES string of the molecule is CCOCC(=O)NCc1cc(-c2ccc(F)cc2)ncn1. The number of hydrogen-bond acceptors (Lipinski definition) is 4. The van der Waals surface area contributed by atoms with E-state index in [4.69, 9.17) is 4.74 Å². The monoisotopic (exact) mass is 289 g/mol. The van der Waals surface area contributed by atoms with Crippen molar-refractivity contribution in [3.8, 4) is 11.3 Å². The highest BCUT2D eigenvalue weighted by Gasteiger charge is 2.05. The van der Waals surface area contributed by atoms with Crippen LogP contribution in [0.3, 0.4) is 0 Å². The van der Waals surface area contributed by atoms with Crippen LogP contribution < -0.4 is 5.32 Å². The van der Waals surface area contributed by atoms with Crippen LogP contribution in [-0.4, -0.2) is 29.1 Å². The summed E-state index contributed by atoms with van der Waals surface area (Å²) in [5.41, 5.74) is 2.15. The van der Waals surface area contributed by atoms with Crippen LogP contribution in [0.2, 0.25) is 0 Å². The number of ether oxygens (including phenoxy) is 1. The van der Waals surface area contributed by atoms with Gasteiger partial charge in [-0.15, -0.1) is 0 Å². The molecular formula is C15H16FN3O2. The Labute approximate surface area is 122 Å². The van der Waals surface area contributed by atoms with E-state index < -0.39 is 0 Å². The zero-order valence-corrected chi connectivity index (χ0v) is 11.7. The average Bonchev–Trinajstić information content (AvgIpc) is 2.52. The molecule has 1 amide bonds. The predicted molar refractivity (Wildman–Crippen MR) is 75.8 cm³/mol. The highest BCUT2D eigenvalue weighted by Crippen LogP contribution is 2.17. The molecule has 0 fully saturated rings. The van der Waals surface area contributed by atoms with Crippen LogP contribution in [-0.2, 0) is 16.1 Å². The van der Waals surface area contributed by atoms with E-state index in [0.717, 1.165) is 5.56 Å². The fraction of sp³-hybridized carbons (Fsp3) is 0.267. The van der Waals surface area contributed by atoms with E-state index in [-0.39, 0.29) is 18.3 Å². The molecule has 6 heteroatoms. The van der Waals surface area contributed by atoms with Crippen molar-refractivity contribution >= 4 is 5.91 Å². The minimum absolute atomic E-state index is 0.0341. The Morgan fingerprint density at radius 3 is 2.76 bits per heavy atom. The second-order valence-electron chi connectivity index (χ2n) is 4.32. The Bertz CT molecular complexity index is 602. The van der Waals surface area contributed by atoms with Gasteiger partial charge in [-0.1, -0.05) is 0 Å². The van der Waals surface area contributed by atoms with Crippen LogP contribution in [0, 0.1) is 5.82 Å². The summed E-state index contributed by atoms with van der Waals surface area (Å²) in [6.07, 6.45) is 1.42. The van der Waals surface area contributed by atoms with Crippen molar-refractivity contribution in [1.29, 1.82) is 0 Å². The summed E-state index contributed by atoms with van der Waals surface area (Å²) in [5.74, 6) is -0.491. The highest BCUT2D eigenvalue weighted by molar-refractivity contribution is 5.77. The van der Waals surface area contributed by atoms with Gasteiger partial charge in [0.2, 0.25) is 5.91 Å². The Morgan fingerprint density at radius 1 is 1.29 bits per heavy atom. The van der Waals surface area contributed by atoms with E-state index in [9.17, 15) is 9.18 Å². The molecule has 1 N–H and O–H groups in total. The predicted octanol–water partition coefficient (Wildman–Crippen LogP) is 1.94. The van der Waals surface area contributed by atoms with E-state index in [1.165, 1.54) is 18.5 Å². The summed E-state index contributed by atoms with van der Waals surface area (Å²) in [4.78, 5) is 19.7. The van der Waals surface area contributed by atoms with Crippen LogP contribution in [0.15, 0.2) is 36.7 Å². The lowest BCUT2D eigenvalue weighted by molar-refractivity contribution is -0.125. The molecule has 0 atom stereocenters. The molecule has 110 valence electrons. The number of carbonyl (C=O) groups excluding carboxylic acids is 1. The molecule has 0 spiro atoms. The average molecular weight is 289 g/mol. The Balaban J connectivity index is 2.01. The van der Waals surface area contributed by atoms with Gasteiger partial charge < -0.3 is 10.1 Å². The van der Waals surface area contributed by atoms with Gasteiger partial charge in [-0.3, -0.25) is 4.79 Å². The molecule has 0 bridgehead atoms. The van der Waals surface area contributed by atoms with Crippen molar-refractivity contribution in [3.63, 3.8) is 0 Å². The minimum Gasteiger partial charge on any atom is -0.372 e. The van der Waals surface area contributed by atoms with Crippen LogP contribution in [0.25, 0.3) is 11.3 Å². The minimum atomic E-state index is -0.295. The zero-order chi connectivity index (χ0) is 15.1. The molecule has 0 aliphatic rings. The normalized spacial score (nSPS) is 10.4. The number of rotatable bonds is 6. The molecule has 1 aromatic carbocycles. The summed E-state index contributed by atoms with van der Waals surface area (Å²) in [7, 11) is 0. The number of nitrogens with one attached hydrogen (secondary N) is 1. The molecule has 0 aliphatic heterocycles. The summed E-state index contributed by atoms with van der Waals surface area (Å²) in [5, 5.41) is 2.71. The molecule has 0 aliphatic carbocycles. The van der Waals surface area contributed by atoms with Crippen LogP contribution >= 0.6 is 0 Å². The number of halogens is 1. The third kappa shape index (κ3) is 4.61. The van der Waals surface area contributed by atoms with Gasteiger partial charge in [0.25, 0.3) is 0 Å². The number of amides is 1. The number of hydrogen-bond donors (Lipinski definition) is 1. The molecule has 21 heavy (non-hydrogen) atoms. The van der Waals surface area contributed by atoms with E-state index in [0.29, 0.717) is 24.5 Å². The van der Waals surface area contributed by atoms with Gasteiger partial charge in [0.05, 0.1) is 17.9 Å². The van der Waals surface area contributed by atoms with Crippen LogP contribution in [0.1, 0.15) is 12.6 Å². The summed E-state index contributed by atoms with van der Waals surface area (Å²) < 4.78 is 17.9. The molecule has 5 nitrogen and oxygen atoms in total. The molecule has 2 rings (SSSR count). The fourth-order valence-electron chi connectivity index (χ4n) is 1.71. The highest BCUT2D eigenvalue weighted by atomic mass is 19.1. The van der Waals surface area contributed by atoms with Gasteiger partial charge in [-0.05, 0) is 37.3 Å². The van der Waals surface area contributed by atoms with Gasteiger partial charge in [-0.25, -0.2) is 14.4 Å². The van der Waals surface area contributed by atoms with Crippen molar-refractivity contribution in [3.05, 3.63) is 48.2 Å². The van der Waals surface area contributed by atoms with Crippen molar-refractivity contribution in [2.75, 3.05) is 13.2 Å². The maximum atomic E-state index is 12.9. The van der Waals surface area contributed by atoms with Crippen LogP contribution in [0.5, 0.6) is 0 Å². The van der Waals surface area contributed by atoms with Gasteiger partial charge >= 0.3 is 0 Å². The molecule has 1 heterocycles. The summed E-state index contributed by atoms with van der Waals surface area (Å²) >= 11 is 0. The van der Waals surface area contributed by atoms with Crippen molar-refractivity contribution in [1.82, 2.24) is 15.3 Å². The topological polar surface area (TPSA) is 64.1 Å². The first kappa shape index (κ1) is 15.1. The maximum absolute atomic E-state index is 12.9. The lowest BCUT2D eigenvalue weighted by Crippen LogP contribution is -2.27.